The third kappa shape index (κ3) is 3.64. The Bertz CT molecular complexity index is 690. The number of nitrogens with two attached hydrogens (primary N) is 1. The van der Waals surface area contributed by atoms with Crippen molar-refractivity contribution in [3.63, 3.8) is 0 Å². The van der Waals surface area contributed by atoms with E-state index in [9.17, 15) is 4.79 Å². The number of primary amides is 1. The smallest absolute Gasteiger partial charge is 0.250 e. The van der Waals surface area contributed by atoms with Crippen LogP contribution in [0.4, 0.5) is 11.4 Å². The van der Waals surface area contributed by atoms with Gasteiger partial charge in [-0.25, -0.2) is 0 Å². The maximum Gasteiger partial charge on any atom is 0.250 e. The van der Waals surface area contributed by atoms with Gasteiger partial charge in [-0.2, -0.15) is 0 Å². The first kappa shape index (κ1) is 15.4. The van der Waals surface area contributed by atoms with Crippen molar-refractivity contribution in [3.05, 3.63) is 41.3 Å². The first-order valence-corrected chi connectivity index (χ1v) is 7.98. The Morgan fingerprint density at radius 1 is 1.30 bits per heavy atom. The molecule has 6 nitrogen and oxygen atoms in total. The maximum absolute atomic E-state index is 11.7. The maximum atomic E-state index is 11.7. The lowest BCUT2D eigenvalue weighted by Gasteiger charge is -2.30. The van der Waals surface area contributed by atoms with Crippen LogP contribution in [0.25, 0.3) is 0 Å². The Hall–Kier alpha value is -2.50. The number of nitrogens with one attached hydrogen (secondary N) is 1. The summed E-state index contributed by atoms with van der Waals surface area (Å²) in [5, 5.41) is 7.29. The second-order valence-electron chi connectivity index (χ2n) is 5.93. The van der Waals surface area contributed by atoms with E-state index >= 15 is 0 Å². The molecule has 0 unspecified atom stereocenters. The van der Waals surface area contributed by atoms with Crippen LogP contribution in [-0.4, -0.2) is 24.2 Å². The Labute approximate surface area is 135 Å². The molecule has 1 amide bonds. The molecule has 0 atom stereocenters. The number of carbonyl (C=O) groups is 1. The molecule has 0 bridgehead atoms. The van der Waals surface area contributed by atoms with Crippen molar-refractivity contribution in [3.8, 4) is 0 Å². The van der Waals surface area contributed by atoms with Crippen LogP contribution in [0.15, 0.2) is 28.8 Å². The number of hydrogen-bond donors (Lipinski definition) is 2. The van der Waals surface area contributed by atoms with E-state index in [0.29, 0.717) is 12.1 Å². The number of amides is 1. The summed E-state index contributed by atoms with van der Waals surface area (Å²) in [7, 11) is 0. The topological polar surface area (TPSA) is 84.4 Å². The van der Waals surface area contributed by atoms with Crippen molar-refractivity contribution in [1.29, 1.82) is 0 Å². The summed E-state index contributed by atoms with van der Waals surface area (Å²) in [4.78, 5) is 14.0. The first-order chi connectivity index (χ1) is 11.1. The summed E-state index contributed by atoms with van der Waals surface area (Å²) >= 11 is 0. The lowest BCUT2D eigenvalue weighted by Crippen LogP contribution is -2.31. The van der Waals surface area contributed by atoms with Gasteiger partial charge in [0.15, 0.2) is 0 Å². The van der Waals surface area contributed by atoms with Crippen LogP contribution in [0.5, 0.6) is 0 Å². The standard InChI is InChI=1S/C17H22N4O2/c1-12-9-14(20-23-12)11-19-13-5-6-15(17(18)22)16(10-13)21-7-3-2-4-8-21/h5-6,9-10,19H,2-4,7-8,11H2,1H3,(H2,18,22). The van der Waals surface area contributed by atoms with Crippen LogP contribution in [0, 0.1) is 6.92 Å². The quantitative estimate of drug-likeness (QED) is 0.886. The highest BCUT2D eigenvalue weighted by Crippen LogP contribution is 2.27. The molecule has 3 rings (SSSR count). The second kappa shape index (κ2) is 6.73. The van der Waals surface area contributed by atoms with Crippen LogP contribution < -0.4 is 16.0 Å². The highest BCUT2D eigenvalue weighted by Gasteiger charge is 2.17. The van der Waals surface area contributed by atoms with E-state index < -0.39 is 0 Å². The molecule has 1 saturated heterocycles. The molecule has 1 aliphatic rings. The molecule has 2 aromatic rings. The van der Waals surface area contributed by atoms with Crippen molar-refractivity contribution < 1.29 is 9.32 Å². The number of piperidine rings is 1. The zero-order chi connectivity index (χ0) is 16.2. The average molecular weight is 314 g/mol. The largest absolute Gasteiger partial charge is 0.379 e. The molecule has 1 fully saturated rings. The van der Waals surface area contributed by atoms with Gasteiger partial charge in [-0.15, -0.1) is 0 Å². The summed E-state index contributed by atoms with van der Waals surface area (Å²) in [6, 6.07) is 7.57. The number of nitrogens with zero attached hydrogens (tertiary/aromatic N) is 2. The van der Waals surface area contributed by atoms with Gasteiger partial charge in [-0.1, -0.05) is 5.16 Å². The zero-order valence-corrected chi connectivity index (χ0v) is 13.3. The summed E-state index contributed by atoms with van der Waals surface area (Å²) < 4.78 is 5.06. The van der Waals surface area contributed by atoms with E-state index in [0.717, 1.165) is 48.8 Å². The fourth-order valence-electron chi connectivity index (χ4n) is 2.94. The normalized spacial score (nSPS) is 14.7. The molecule has 1 aromatic heterocycles. The predicted molar refractivity (Wildman–Crippen MR) is 89.6 cm³/mol. The molecule has 0 aliphatic carbocycles. The SMILES string of the molecule is Cc1cc(CNc2ccc(C(N)=O)c(N3CCCCC3)c2)no1. The van der Waals surface area contributed by atoms with Crippen molar-refractivity contribution in [2.45, 2.75) is 32.7 Å². The summed E-state index contributed by atoms with van der Waals surface area (Å²) in [5.41, 5.74) is 8.81. The number of carbonyl (C=O) groups excluding carboxylic acids is 1. The number of rotatable bonds is 5. The minimum absolute atomic E-state index is 0.385. The van der Waals surface area contributed by atoms with E-state index in [4.69, 9.17) is 10.3 Å². The van der Waals surface area contributed by atoms with E-state index in [-0.39, 0.29) is 5.91 Å². The van der Waals surface area contributed by atoms with E-state index in [2.05, 4.69) is 15.4 Å². The summed E-state index contributed by atoms with van der Waals surface area (Å²) in [6.45, 7) is 4.37. The van der Waals surface area contributed by atoms with Gasteiger partial charge in [0.05, 0.1) is 17.8 Å². The summed E-state index contributed by atoms with van der Waals surface area (Å²) in [6.07, 6.45) is 3.54. The predicted octanol–water partition coefficient (Wildman–Crippen LogP) is 2.68. The molecule has 0 radical (unpaired) electrons. The van der Waals surface area contributed by atoms with Crippen LogP contribution >= 0.6 is 0 Å². The monoisotopic (exact) mass is 314 g/mol. The average Bonchev–Trinajstić information content (AvgIpc) is 2.99. The molecule has 6 heteroatoms. The Kier molecular flexibility index (Phi) is 4.50. The third-order valence-corrected chi connectivity index (χ3v) is 4.11. The molecular formula is C17H22N4O2. The van der Waals surface area contributed by atoms with Gasteiger partial charge in [0.2, 0.25) is 0 Å². The molecule has 0 spiro atoms. The Morgan fingerprint density at radius 3 is 2.74 bits per heavy atom. The number of aromatic nitrogens is 1. The fourth-order valence-corrected chi connectivity index (χ4v) is 2.94. The number of anilines is 2. The Balaban J connectivity index is 1.79. The minimum atomic E-state index is -0.385. The van der Waals surface area contributed by atoms with Crippen LogP contribution in [0.1, 0.15) is 41.1 Å². The van der Waals surface area contributed by atoms with Crippen LogP contribution in [-0.2, 0) is 6.54 Å². The van der Waals surface area contributed by atoms with Gasteiger partial charge >= 0.3 is 0 Å². The number of aryl methyl sites for hydroxylation is 1. The van der Waals surface area contributed by atoms with Gasteiger partial charge in [-0.05, 0) is 44.4 Å². The van der Waals surface area contributed by atoms with Crippen molar-refractivity contribution in [2.24, 2.45) is 5.73 Å². The molecule has 1 aliphatic heterocycles. The number of hydrogen-bond acceptors (Lipinski definition) is 5. The molecule has 3 N–H and O–H groups in total. The lowest BCUT2D eigenvalue weighted by atomic mass is 10.1. The molecular weight excluding hydrogens is 292 g/mol. The van der Waals surface area contributed by atoms with Gasteiger partial charge in [0.25, 0.3) is 5.91 Å². The molecule has 1 aromatic carbocycles. The van der Waals surface area contributed by atoms with Crippen molar-refractivity contribution in [1.82, 2.24) is 5.16 Å². The zero-order valence-electron chi connectivity index (χ0n) is 13.3. The van der Waals surface area contributed by atoms with Crippen LogP contribution in [0.3, 0.4) is 0 Å². The number of benzene rings is 1. The molecule has 23 heavy (non-hydrogen) atoms. The van der Waals surface area contributed by atoms with Gasteiger partial charge < -0.3 is 20.5 Å². The molecule has 122 valence electrons. The lowest BCUT2D eigenvalue weighted by molar-refractivity contribution is 0.100. The second-order valence-corrected chi connectivity index (χ2v) is 5.93. The van der Waals surface area contributed by atoms with Gasteiger partial charge in [0, 0.05) is 24.8 Å². The van der Waals surface area contributed by atoms with Crippen molar-refractivity contribution in [2.75, 3.05) is 23.3 Å². The van der Waals surface area contributed by atoms with Crippen molar-refractivity contribution >= 4 is 17.3 Å². The third-order valence-electron chi connectivity index (χ3n) is 4.11. The van der Waals surface area contributed by atoms with Gasteiger partial charge in [-0.3, -0.25) is 4.79 Å². The van der Waals surface area contributed by atoms with E-state index in [1.807, 2.05) is 25.1 Å². The highest BCUT2D eigenvalue weighted by molar-refractivity contribution is 5.99. The first-order valence-electron chi connectivity index (χ1n) is 7.98. The Morgan fingerprint density at radius 2 is 2.09 bits per heavy atom. The van der Waals surface area contributed by atoms with E-state index in [1.54, 1.807) is 6.07 Å². The van der Waals surface area contributed by atoms with Crippen LogP contribution in [0.2, 0.25) is 0 Å². The fraction of sp³-hybridized carbons (Fsp3) is 0.412. The minimum Gasteiger partial charge on any atom is -0.379 e. The molecule has 2 heterocycles. The summed E-state index contributed by atoms with van der Waals surface area (Å²) in [5.74, 6) is 0.407. The molecule has 0 saturated carbocycles. The highest BCUT2D eigenvalue weighted by atomic mass is 16.5. The van der Waals surface area contributed by atoms with Gasteiger partial charge in [0.1, 0.15) is 11.5 Å². The van der Waals surface area contributed by atoms with E-state index in [1.165, 1.54) is 6.42 Å².